The number of hydrogen-bond donors (Lipinski definition) is 0. The van der Waals surface area contributed by atoms with Crippen LogP contribution in [0.4, 0.5) is 4.39 Å². The number of fused-ring (bicyclic) bond motifs is 1. The van der Waals surface area contributed by atoms with Crippen molar-refractivity contribution in [1.29, 1.82) is 0 Å². The zero-order valence-electron chi connectivity index (χ0n) is 13.7. The van der Waals surface area contributed by atoms with Crippen LogP contribution < -0.4 is 5.43 Å². The van der Waals surface area contributed by atoms with E-state index in [1.165, 1.54) is 12.1 Å². The van der Waals surface area contributed by atoms with Gasteiger partial charge in [-0.3, -0.25) is 4.79 Å². The van der Waals surface area contributed by atoms with Crippen molar-refractivity contribution in [2.45, 2.75) is 0 Å². The van der Waals surface area contributed by atoms with Crippen LogP contribution in [-0.4, -0.2) is 4.57 Å². The molecule has 3 heteroatoms. The van der Waals surface area contributed by atoms with Gasteiger partial charge < -0.3 is 4.57 Å². The minimum absolute atomic E-state index is 0.0146. The highest BCUT2D eigenvalue weighted by Crippen LogP contribution is 2.32. The van der Waals surface area contributed by atoms with Gasteiger partial charge in [0.2, 0.25) is 0 Å². The van der Waals surface area contributed by atoms with Crippen molar-refractivity contribution in [2.24, 2.45) is 7.05 Å². The Morgan fingerprint density at radius 2 is 1.40 bits per heavy atom. The fraction of sp³-hybridized carbons (Fsp3) is 0.0455. The molecule has 0 atom stereocenters. The molecular formula is C22H16FNO. The van der Waals surface area contributed by atoms with Gasteiger partial charge in [-0.25, -0.2) is 4.39 Å². The van der Waals surface area contributed by atoms with Gasteiger partial charge in [-0.05, 0) is 47.5 Å². The molecule has 0 saturated heterocycles. The lowest BCUT2D eigenvalue weighted by molar-refractivity contribution is 0.628. The SMILES string of the molecule is Cn1c(-c2ccc(F)cc2)c(-c2ccccc2)c(=O)c2ccccc21. The average Bonchev–Trinajstić information content (AvgIpc) is 2.66. The number of benzene rings is 3. The summed E-state index contributed by atoms with van der Waals surface area (Å²) >= 11 is 0. The van der Waals surface area contributed by atoms with E-state index in [9.17, 15) is 9.18 Å². The third-order valence-electron chi connectivity index (χ3n) is 4.49. The summed E-state index contributed by atoms with van der Waals surface area (Å²) in [5.41, 5.74) is 3.92. The first-order chi connectivity index (χ1) is 12.2. The number of pyridine rings is 1. The second-order valence-electron chi connectivity index (χ2n) is 6.00. The maximum absolute atomic E-state index is 13.4. The second-order valence-corrected chi connectivity index (χ2v) is 6.00. The summed E-state index contributed by atoms with van der Waals surface area (Å²) < 4.78 is 15.4. The van der Waals surface area contributed by atoms with Crippen molar-refractivity contribution < 1.29 is 4.39 Å². The maximum Gasteiger partial charge on any atom is 0.197 e. The Balaban J connectivity index is 2.18. The summed E-state index contributed by atoms with van der Waals surface area (Å²) in [6, 6.07) is 23.4. The van der Waals surface area contributed by atoms with Crippen LogP contribution in [0.25, 0.3) is 33.3 Å². The molecule has 0 unspecified atom stereocenters. The molecule has 3 aromatic carbocycles. The van der Waals surface area contributed by atoms with Gasteiger partial charge in [-0.15, -0.1) is 0 Å². The Labute approximate surface area is 144 Å². The van der Waals surface area contributed by atoms with E-state index >= 15 is 0 Å². The summed E-state index contributed by atoms with van der Waals surface area (Å²) in [7, 11) is 1.94. The predicted molar refractivity (Wildman–Crippen MR) is 100 cm³/mol. The van der Waals surface area contributed by atoms with Crippen LogP contribution in [0, 0.1) is 5.82 Å². The maximum atomic E-state index is 13.4. The Kier molecular flexibility index (Phi) is 3.69. The standard InChI is InChI=1S/C22H16FNO/c1-24-19-10-6-5-9-18(19)22(25)20(15-7-3-2-4-8-15)21(24)16-11-13-17(23)14-12-16/h2-14H,1H3. The van der Waals surface area contributed by atoms with Crippen LogP contribution in [0.5, 0.6) is 0 Å². The molecule has 122 valence electrons. The van der Waals surface area contributed by atoms with Gasteiger partial charge in [0.15, 0.2) is 5.43 Å². The fourth-order valence-electron chi connectivity index (χ4n) is 3.31. The van der Waals surface area contributed by atoms with Crippen molar-refractivity contribution in [1.82, 2.24) is 4.57 Å². The third-order valence-corrected chi connectivity index (χ3v) is 4.49. The monoisotopic (exact) mass is 329 g/mol. The van der Waals surface area contributed by atoms with Crippen LogP contribution in [0.2, 0.25) is 0 Å². The Morgan fingerprint density at radius 1 is 0.760 bits per heavy atom. The number of para-hydroxylation sites is 1. The molecule has 4 aromatic rings. The first kappa shape index (κ1) is 15.3. The Hall–Kier alpha value is -3.20. The quantitative estimate of drug-likeness (QED) is 0.506. The molecule has 0 N–H and O–H groups in total. The minimum Gasteiger partial charge on any atom is -0.343 e. The van der Waals surface area contributed by atoms with Gasteiger partial charge >= 0.3 is 0 Å². The van der Waals surface area contributed by atoms with Gasteiger partial charge in [0.1, 0.15) is 5.82 Å². The zero-order chi connectivity index (χ0) is 17.4. The summed E-state index contributed by atoms with van der Waals surface area (Å²) in [6.45, 7) is 0. The average molecular weight is 329 g/mol. The molecule has 0 amide bonds. The van der Waals surface area contributed by atoms with Crippen molar-refractivity contribution >= 4 is 10.9 Å². The summed E-state index contributed by atoms with van der Waals surface area (Å²) in [5.74, 6) is -0.296. The first-order valence-corrected chi connectivity index (χ1v) is 8.10. The van der Waals surface area contributed by atoms with E-state index < -0.39 is 0 Å². The summed E-state index contributed by atoms with van der Waals surface area (Å²) in [5, 5.41) is 0.676. The predicted octanol–water partition coefficient (Wildman–Crippen LogP) is 5.01. The minimum atomic E-state index is -0.296. The van der Waals surface area contributed by atoms with E-state index in [0.29, 0.717) is 10.9 Å². The van der Waals surface area contributed by atoms with Gasteiger partial charge in [0.05, 0.1) is 16.8 Å². The Bertz CT molecular complexity index is 1110. The highest BCUT2D eigenvalue weighted by atomic mass is 19.1. The molecule has 0 bridgehead atoms. The molecule has 0 spiro atoms. The number of nitrogens with zero attached hydrogens (tertiary/aromatic N) is 1. The van der Waals surface area contributed by atoms with Crippen LogP contribution in [-0.2, 0) is 7.05 Å². The number of aromatic nitrogens is 1. The highest BCUT2D eigenvalue weighted by molar-refractivity contribution is 5.92. The fourth-order valence-corrected chi connectivity index (χ4v) is 3.31. The molecule has 4 rings (SSSR count). The first-order valence-electron chi connectivity index (χ1n) is 8.10. The van der Waals surface area contributed by atoms with E-state index in [-0.39, 0.29) is 11.2 Å². The number of hydrogen-bond acceptors (Lipinski definition) is 1. The number of aryl methyl sites for hydroxylation is 1. The van der Waals surface area contributed by atoms with Crippen LogP contribution in [0.3, 0.4) is 0 Å². The second kappa shape index (κ2) is 6.02. The van der Waals surface area contributed by atoms with Crippen molar-refractivity contribution in [3.63, 3.8) is 0 Å². The largest absolute Gasteiger partial charge is 0.343 e. The van der Waals surface area contributed by atoms with Gasteiger partial charge in [-0.1, -0.05) is 42.5 Å². The summed E-state index contributed by atoms with van der Waals surface area (Å²) in [6.07, 6.45) is 0. The lowest BCUT2D eigenvalue weighted by Gasteiger charge is -2.18. The summed E-state index contributed by atoms with van der Waals surface area (Å²) in [4.78, 5) is 13.3. The number of halogens is 1. The molecule has 0 aliphatic heterocycles. The van der Waals surface area contributed by atoms with Crippen molar-refractivity contribution in [3.05, 3.63) is 94.9 Å². The molecule has 0 radical (unpaired) electrons. The lowest BCUT2D eigenvalue weighted by atomic mass is 9.96. The van der Waals surface area contributed by atoms with Gasteiger partial charge in [0.25, 0.3) is 0 Å². The normalized spacial score (nSPS) is 11.0. The van der Waals surface area contributed by atoms with Gasteiger partial charge in [0, 0.05) is 12.4 Å². The Morgan fingerprint density at radius 3 is 2.12 bits per heavy atom. The van der Waals surface area contributed by atoms with Crippen LogP contribution in [0.15, 0.2) is 83.7 Å². The number of rotatable bonds is 2. The molecule has 25 heavy (non-hydrogen) atoms. The van der Waals surface area contributed by atoms with Crippen LogP contribution >= 0.6 is 0 Å². The smallest absolute Gasteiger partial charge is 0.197 e. The van der Waals surface area contributed by atoms with Crippen molar-refractivity contribution in [2.75, 3.05) is 0 Å². The molecule has 0 fully saturated rings. The topological polar surface area (TPSA) is 22.0 Å². The van der Waals surface area contributed by atoms with Gasteiger partial charge in [-0.2, -0.15) is 0 Å². The molecule has 1 aromatic heterocycles. The van der Waals surface area contributed by atoms with E-state index in [2.05, 4.69) is 0 Å². The third kappa shape index (κ3) is 2.54. The van der Waals surface area contributed by atoms with E-state index in [4.69, 9.17) is 0 Å². The molecule has 0 saturated carbocycles. The molecular weight excluding hydrogens is 313 g/mol. The molecule has 0 aliphatic rings. The van der Waals surface area contributed by atoms with E-state index in [1.807, 2.05) is 66.2 Å². The van der Waals surface area contributed by atoms with E-state index in [1.54, 1.807) is 12.1 Å². The highest BCUT2D eigenvalue weighted by Gasteiger charge is 2.17. The molecule has 2 nitrogen and oxygen atoms in total. The molecule has 1 heterocycles. The zero-order valence-corrected chi connectivity index (χ0v) is 13.7. The van der Waals surface area contributed by atoms with Crippen molar-refractivity contribution in [3.8, 4) is 22.4 Å². The van der Waals surface area contributed by atoms with Crippen LogP contribution in [0.1, 0.15) is 0 Å². The molecule has 0 aliphatic carbocycles. The lowest BCUT2D eigenvalue weighted by Crippen LogP contribution is -2.14. The van der Waals surface area contributed by atoms with E-state index in [0.717, 1.165) is 22.3 Å².